The van der Waals surface area contributed by atoms with Crippen LogP contribution in [0.3, 0.4) is 0 Å². The Bertz CT molecular complexity index is 1370. The predicted octanol–water partition coefficient (Wildman–Crippen LogP) is 8.13. The van der Waals surface area contributed by atoms with E-state index in [1.54, 1.807) is 14.2 Å². The lowest BCUT2D eigenvalue weighted by Crippen LogP contribution is -2.37. The summed E-state index contributed by atoms with van der Waals surface area (Å²) >= 11 is 0. The zero-order valence-electron chi connectivity index (χ0n) is 25.2. The Morgan fingerprint density at radius 3 is 1.46 bits per heavy atom. The van der Waals surface area contributed by atoms with Gasteiger partial charge in [-0.25, -0.2) is 4.68 Å². The molecule has 4 rings (SSSR count). The lowest BCUT2D eigenvalue weighted by Gasteiger charge is -2.20. The second-order valence-corrected chi connectivity index (χ2v) is 11.4. The summed E-state index contributed by atoms with van der Waals surface area (Å²) in [6.07, 6.45) is 3.69. The number of hydrogen-bond donors (Lipinski definition) is 0. The van der Waals surface area contributed by atoms with Crippen LogP contribution in [0.1, 0.15) is 101 Å². The van der Waals surface area contributed by atoms with E-state index in [2.05, 4.69) is 103 Å². The summed E-state index contributed by atoms with van der Waals surface area (Å²) in [6, 6.07) is 19.0. The number of hydrogen-bond acceptors (Lipinski definition) is 3. The van der Waals surface area contributed by atoms with Crippen molar-refractivity contribution < 1.29 is 14.2 Å². The van der Waals surface area contributed by atoms with Gasteiger partial charge in [-0.3, -0.25) is 0 Å². The highest BCUT2D eigenvalue weighted by atomic mass is 16.5. The van der Waals surface area contributed by atoms with Crippen molar-refractivity contribution in [3.8, 4) is 34.1 Å². The minimum Gasteiger partial charge on any atom is -0.509 e. The summed E-state index contributed by atoms with van der Waals surface area (Å²) < 4.78 is 15.8. The highest BCUT2D eigenvalue weighted by molar-refractivity contribution is 5.75. The Balaban J connectivity index is 2.20. The standard InChI is InChI=1S/C34H43N3O2/c1-21(2)25-14-11-15-26(22(3)4)33(25)36-20-29(32-30(38-9)18-13-19-31(32)39-10)37(35-36)34-27(23(5)6)16-12-17-28(34)24(7)8/h11-19,21-24H,1-10H3. The highest BCUT2D eigenvalue weighted by Crippen LogP contribution is 2.41. The molecule has 39 heavy (non-hydrogen) atoms. The number of ether oxygens (including phenoxy) is 2. The van der Waals surface area contributed by atoms with Crippen molar-refractivity contribution in [2.24, 2.45) is 0 Å². The zero-order valence-corrected chi connectivity index (χ0v) is 25.2. The van der Waals surface area contributed by atoms with Crippen molar-refractivity contribution in [1.82, 2.24) is 9.90 Å². The minimum atomic E-state index is 0.304. The fourth-order valence-corrected chi connectivity index (χ4v) is 5.32. The van der Waals surface area contributed by atoms with Gasteiger partial charge in [-0.1, -0.05) is 109 Å². The molecule has 0 unspecified atom stereocenters. The molecule has 0 N–H and O–H groups in total. The van der Waals surface area contributed by atoms with Gasteiger partial charge in [-0.15, -0.1) is 4.68 Å². The maximum absolute atomic E-state index is 5.88. The smallest absolute Gasteiger partial charge is 0.160 e. The molecule has 0 atom stereocenters. The van der Waals surface area contributed by atoms with Crippen LogP contribution < -0.4 is 14.2 Å². The van der Waals surface area contributed by atoms with Gasteiger partial charge in [0.05, 0.1) is 42.8 Å². The van der Waals surface area contributed by atoms with E-state index < -0.39 is 0 Å². The Morgan fingerprint density at radius 2 is 1.05 bits per heavy atom. The van der Waals surface area contributed by atoms with Crippen molar-refractivity contribution in [2.75, 3.05) is 14.2 Å². The van der Waals surface area contributed by atoms with Crippen LogP contribution in [0.2, 0.25) is 0 Å². The molecule has 1 aromatic heterocycles. The van der Waals surface area contributed by atoms with Crippen LogP contribution in [0.15, 0.2) is 54.6 Å². The summed E-state index contributed by atoms with van der Waals surface area (Å²) in [7, 11) is 3.39. The number of rotatable bonds is 9. The van der Waals surface area contributed by atoms with Gasteiger partial charge in [-0.05, 0) is 35.8 Å². The Kier molecular flexibility index (Phi) is 8.48. The monoisotopic (exact) mass is 525 g/mol. The van der Waals surface area contributed by atoms with Gasteiger partial charge in [0.25, 0.3) is 0 Å². The van der Waals surface area contributed by atoms with E-state index in [1.165, 1.54) is 22.3 Å². The third kappa shape index (κ3) is 5.32. The normalized spacial score (nSPS) is 11.7. The molecule has 206 valence electrons. The van der Waals surface area contributed by atoms with E-state index >= 15 is 0 Å². The van der Waals surface area contributed by atoms with Gasteiger partial charge in [0.1, 0.15) is 5.69 Å². The molecule has 0 aliphatic heterocycles. The molecule has 0 aliphatic rings. The van der Waals surface area contributed by atoms with E-state index in [1.807, 2.05) is 22.9 Å². The summed E-state index contributed by atoms with van der Waals surface area (Å²) in [5, 5.41) is 5.32. The zero-order chi connectivity index (χ0) is 28.4. The van der Waals surface area contributed by atoms with Crippen LogP contribution in [0.4, 0.5) is 0 Å². The lowest BCUT2D eigenvalue weighted by atomic mass is 9.92. The van der Waals surface area contributed by atoms with Crippen molar-refractivity contribution >= 4 is 0 Å². The number of methoxy groups -OCH3 is 2. The third-order valence-electron chi connectivity index (χ3n) is 7.38. The van der Waals surface area contributed by atoms with E-state index in [0.717, 1.165) is 22.6 Å². The molecule has 0 radical (unpaired) electrons. The van der Waals surface area contributed by atoms with Crippen molar-refractivity contribution in [2.45, 2.75) is 79.1 Å². The average molecular weight is 526 g/mol. The first-order valence-corrected chi connectivity index (χ1v) is 14.0. The minimum absolute atomic E-state index is 0.304. The fourth-order valence-electron chi connectivity index (χ4n) is 5.32. The maximum Gasteiger partial charge on any atom is 0.160 e. The van der Waals surface area contributed by atoms with Crippen molar-refractivity contribution in [3.63, 3.8) is 0 Å². The van der Waals surface area contributed by atoms with Crippen LogP contribution in [-0.2, 0) is 0 Å². The maximum atomic E-state index is 5.88. The summed E-state index contributed by atoms with van der Waals surface area (Å²) in [6.45, 7) is 17.9. The molecule has 3 aromatic carbocycles. The van der Waals surface area contributed by atoms with Crippen molar-refractivity contribution in [3.05, 3.63) is 83.0 Å². The predicted molar refractivity (Wildman–Crippen MR) is 159 cm³/mol. The Hall–Kier alpha value is -3.60. The molecule has 1 heterocycles. The van der Waals surface area contributed by atoms with E-state index in [-0.39, 0.29) is 0 Å². The second-order valence-electron chi connectivity index (χ2n) is 11.4. The first-order valence-electron chi connectivity index (χ1n) is 14.0. The SMILES string of the molecule is COc1cccc(OC)c1-c1[c-][n+](-c2c(C(C)C)cccc2C(C)C)nn1-c1c(C(C)C)cccc1C(C)C. The molecule has 5 heteroatoms. The largest absolute Gasteiger partial charge is 0.509 e. The molecule has 0 bridgehead atoms. The summed E-state index contributed by atoms with van der Waals surface area (Å²) in [4.78, 5) is 0. The van der Waals surface area contributed by atoms with Gasteiger partial charge in [0.15, 0.2) is 5.69 Å². The van der Waals surface area contributed by atoms with Gasteiger partial charge >= 0.3 is 0 Å². The number of benzene rings is 3. The molecule has 5 nitrogen and oxygen atoms in total. The van der Waals surface area contributed by atoms with Gasteiger partial charge in [0, 0.05) is 16.7 Å². The van der Waals surface area contributed by atoms with Gasteiger partial charge < -0.3 is 9.47 Å². The molecule has 0 saturated carbocycles. The molecular formula is C34H43N3O2. The van der Waals surface area contributed by atoms with Crippen molar-refractivity contribution in [1.29, 1.82) is 0 Å². The summed E-state index contributed by atoms with van der Waals surface area (Å²) in [5.74, 6) is 2.68. The van der Waals surface area contributed by atoms with E-state index in [0.29, 0.717) is 35.2 Å². The number of nitrogens with zero attached hydrogens (tertiary/aromatic N) is 3. The van der Waals surface area contributed by atoms with Crippen LogP contribution >= 0.6 is 0 Å². The van der Waals surface area contributed by atoms with E-state index in [4.69, 9.17) is 14.7 Å². The highest BCUT2D eigenvalue weighted by Gasteiger charge is 2.28. The van der Waals surface area contributed by atoms with Crippen LogP contribution in [0.25, 0.3) is 22.6 Å². The molecule has 0 saturated heterocycles. The summed E-state index contributed by atoms with van der Waals surface area (Å²) in [5.41, 5.74) is 8.77. The van der Waals surface area contributed by atoms with Gasteiger partial charge in [-0.2, -0.15) is 0 Å². The van der Waals surface area contributed by atoms with Gasteiger partial charge in [0.2, 0.25) is 0 Å². The first-order chi connectivity index (χ1) is 18.6. The van der Waals surface area contributed by atoms with E-state index in [9.17, 15) is 0 Å². The topological polar surface area (TPSA) is 40.2 Å². The Morgan fingerprint density at radius 1 is 0.641 bits per heavy atom. The lowest BCUT2D eigenvalue weighted by molar-refractivity contribution is -0.665. The number of para-hydroxylation sites is 2. The fraction of sp³-hybridized carbons (Fsp3) is 0.412. The number of aromatic nitrogens is 3. The molecule has 4 aromatic rings. The van der Waals surface area contributed by atoms with Crippen LogP contribution in [0.5, 0.6) is 11.5 Å². The third-order valence-corrected chi connectivity index (χ3v) is 7.38. The molecule has 0 amide bonds. The Labute approximate surface area is 234 Å². The van der Waals surface area contributed by atoms with Crippen LogP contribution in [-0.4, -0.2) is 24.1 Å². The molecule has 0 spiro atoms. The molecule has 0 aliphatic carbocycles. The van der Waals surface area contributed by atoms with Crippen LogP contribution in [0, 0.1) is 6.20 Å². The second kappa shape index (κ2) is 11.6. The molecular weight excluding hydrogens is 482 g/mol. The quantitative estimate of drug-likeness (QED) is 0.164. The average Bonchev–Trinajstić information content (AvgIpc) is 3.35. The molecule has 0 fully saturated rings. The first kappa shape index (κ1) is 28.4.